The third-order valence-corrected chi connectivity index (χ3v) is 12.8. The highest BCUT2D eigenvalue weighted by molar-refractivity contribution is 7.90. The van der Waals surface area contributed by atoms with Crippen LogP contribution >= 0.6 is 11.3 Å². The largest absolute Gasteiger partial charge is 0.497 e. The molecule has 0 spiro atoms. The first kappa shape index (κ1) is 42.7. The summed E-state index contributed by atoms with van der Waals surface area (Å²) in [5.41, 5.74) is 0.0423. The first-order chi connectivity index (χ1) is 28.5. The molecule has 2 aromatic carbocycles. The van der Waals surface area contributed by atoms with Gasteiger partial charge in [-0.15, -0.1) is 11.3 Å². The van der Waals surface area contributed by atoms with E-state index in [1.54, 1.807) is 25.3 Å². The van der Waals surface area contributed by atoms with Crippen molar-refractivity contribution in [2.24, 2.45) is 5.92 Å². The van der Waals surface area contributed by atoms with Crippen molar-refractivity contribution in [2.75, 3.05) is 30.8 Å². The molecule has 1 saturated carbocycles. The second-order valence-electron chi connectivity index (χ2n) is 17.0. The fourth-order valence-electron chi connectivity index (χ4n) is 7.61. The number of carbonyl (C=O) groups is 3. The molecule has 60 heavy (non-hydrogen) atoms. The lowest BCUT2D eigenvalue weighted by Crippen LogP contribution is -2.58. The van der Waals surface area contributed by atoms with Gasteiger partial charge in [-0.3, -0.25) is 9.59 Å². The minimum absolute atomic E-state index is 0.0507. The Morgan fingerprint density at radius 3 is 2.62 bits per heavy atom. The van der Waals surface area contributed by atoms with Gasteiger partial charge in [0.15, 0.2) is 5.13 Å². The van der Waals surface area contributed by atoms with Gasteiger partial charge in [-0.25, -0.2) is 27.9 Å². The summed E-state index contributed by atoms with van der Waals surface area (Å²) in [6, 6.07) is 12.4. The zero-order valence-electron chi connectivity index (χ0n) is 34.8. The van der Waals surface area contributed by atoms with E-state index in [1.165, 1.54) is 22.3 Å². The van der Waals surface area contributed by atoms with E-state index in [9.17, 15) is 22.8 Å². The van der Waals surface area contributed by atoms with E-state index in [-0.39, 0.29) is 30.3 Å². The number of anilines is 2. The van der Waals surface area contributed by atoms with Crippen LogP contribution in [0.1, 0.15) is 73.1 Å². The number of aromatic nitrogens is 2. The summed E-state index contributed by atoms with van der Waals surface area (Å²) in [7, 11) is -2.76. The van der Waals surface area contributed by atoms with Crippen LogP contribution in [-0.2, 0) is 19.6 Å². The number of hydrogen-bond acceptors (Lipinski definition) is 12. The Hall–Kier alpha value is -5.42. The number of urea groups is 1. The number of ether oxygens (including phenoxy) is 2. The number of likely N-dealkylation sites (tertiary alicyclic amines) is 1. The molecule has 4 amide bonds. The van der Waals surface area contributed by atoms with Crippen molar-refractivity contribution in [2.45, 2.75) is 107 Å². The highest BCUT2D eigenvalue weighted by Gasteiger charge is 2.61. The standard InChI is InChI=1S/C43H54N8O7S2/c1-26(2)45-40-47-34(25-59-40)33-22-36(30-18-17-28(57-6)20-32(30)46-33)58-29-21-35(51(24-29)41(54)49-42(3,4)5)38(52)48-43-23-27(43)14-10-8-7-9-13-19-44-31-15-11-12-16-37(31)60(55,56)50-39(43)53/h10-12,14-18,20,22,25-27,29,35,44H,7-9,13,19,21,23-24H2,1-6H3,(H,45,47)(H,48,52)(H,49,54)(H,50,53)/t27-,29-,35+,43-/m1/s1. The third kappa shape index (κ3) is 9.62. The van der Waals surface area contributed by atoms with E-state index in [2.05, 4.69) is 26.0 Å². The van der Waals surface area contributed by atoms with Gasteiger partial charge in [0.2, 0.25) is 5.91 Å². The number of nitrogens with one attached hydrogen (secondary N) is 5. The Balaban J connectivity index is 1.19. The summed E-state index contributed by atoms with van der Waals surface area (Å²) < 4.78 is 42.0. The quantitative estimate of drug-likeness (QED) is 0.123. The first-order valence-electron chi connectivity index (χ1n) is 20.4. The first-order valence-corrected chi connectivity index (χ1v) is 22.8. The Labute approximate surface area is 355 Å². The van der Waals surface area contributed by atoms with Crippen molar-refractivity contribution >= 4 is 60.9 Å². The zero-order valence-corrected chi connectivity index (χ0v) is 36.5. The molecule has 2 aliphatic heterocycles. The van der Waals surface area contributed by atoms with Crippen molar-refractivity contribution in [3.63, 3.8) is 0 Å². The summed E-state index contributed by atoms with van der Waals surface area (Å²) in [6.07, 6.45) is 6.97. The van der Waals surface area contributed by atoms with Gasteiger partial charge in [-0.1, -0.05) is 30.7 Å². The Kier molecular flexibility index (Phi) is 12.3. The number of sulfonamides is 1. The van der Waals surface area contributed by atoms with E-state index in [1.807, 2.05) is 76.4 Å². The van der Waals surface area contributed by atoms with Gasteiger partial charge in [-0.2, -0.15) is 0 Å². The van der Waals surface area contributed by atoms with Gasteiger partial charge in [0, 0.05) is 53.4 Å². The molecular weight excluding hydrogens is 805 g/mol. The van der Waals surface area contributed by atoms with Crippen LogP contribution in [0.15, 0.2) is 71.0 Å². The number of methoxy groups -OCH3 is 1. The number of pyridine rings is 1. The van der Waals surface area contributed by atoms with Crippen LogP contribution in [0, 0.1) is 5.92 Å². The second kappa shape index (κ2) is 17.3. The molecule has 320 valence electrons. The average Bonchev–Trinajstić information content (AvgIpc) is 3.45. The molecular formula is C43H54N8O7S2. The van der Waals surface area contributed by atoms with Gasteiger partial charge >= 0.3 is 6.03 Å². The van der Waals surface area contributed by atoms with Crippen LogP contribution < -0.4 is 35.5 Å². The summed E-state index contributed by atoms with van der Waals surface area (Å²) in [4.78, 5) is 53.7. The molecule has 0 radical (unpaired) electrons. The molecule has 5 N–H and O–H groups in total. The van der Waals surface area contributed by atoms with Crippen LogP contribution in [0.5, 0.6) is 11.5 Å². The number of fused-ring (bicyclic) bond motifs is 3. The van der Waals surface area contributed by atoms with Gasteiger partial charge < -0.3 is 35.6 Å². The lowest BCUT2D eigenvalue weighted by molar-refractivity contribution is -0.131. The highest BCUT2D eigenvalue weighted by Crippen LogP contribution is 2.46. The minimum Gasteiger partial charge on any atom is -0.497 e. The number of thiazole rings is 1. The number of hydrogen-bond donors (Lipinski definition) is 5. The van der Waals surface area contributed by atoms with Crippen LogP contribution in [-0.4, -0.2) is 90.6 Å². The number of benzene rings is 2. The Morgan fingerprint density at radius 1 is 1.05 bits per heavy atom. The number of para-hydroxylation sites is 1. The maximum Gasteiger partial charge on any atom is 0.318 e. The molecule has 2 fully saturated rings. The molecule has 2 aromatic heterocycles. The van der Waals surface area contributed by atoms with E-state index in [0.29, 0.717) is 46.0 Å². The fraction of sp³-hybridized carbons (Fsp3) is 0.465. The number of amides is 4. The van der Waals surface area contributed by atoms with Crippen molar-refractivity contribution in [3.8, 4) is 22.9 Å². The van der Waals surface area contributed by atoms with E-state index in [0.717, 1.165) is 30.8 Å². The number of allylic oxidation sites excluding steroid dienone is 1. The molecule has 4 atom stereocenters. The molecule has 3 aliphatic rings. The summed E-state index contributed by atoms with van der Waals surface area (Å²) in [5, 5.41) is 15.8. The molecule has 1 aliphatic carbocycles. The van der Waals surface area contributed by atoms with Gasteiger partial charge in [0.05, 0.1) is 30.6 Å². The summed E-state index contributed by atoms with van der Waals surface area (Å²) in [5.74, 6) is -0.794. The van der Waals surface area contributed by atoms with Gasteiger partial charge in [-0.05, 0) is 84.6 Å². The van der Waals surface area contributed by atoms with Crippen molar-refractivity contribution in [1.29, 1.82) is 0 Å². The van der Waals surface area contributed by atoms with E-state index < -0.39 is 57.0 Å². The van der Waals surface area contributed by atoms with E-state index in [4.69, 9.17) is 19.4 Å². The number of rotatable bonds is 8. The minimum atomic E-state index is -4.34. The van der Waals surface area contributed by atoms with Gasteiger partial charge in [0.1, 0.15) is 39.8 Å². The maximum absolute atomic E-state index is 14.6. The zero-order chi connectivity index (χ0) is 42.8. The number of nitrogens with zero attached hydrogens (tertiary/aromatic N) is 3. The summed E-state index contributed by atoms with van der Waals surface area (Å²) >= 11 is 1.47. The molecule has 7 rings (SSSR count). The van der Waals surface area contributed by atoms with Gasteiger partial charge in [0.25, 0.3) is 15.9 Å². The molecule has 17 heteroatoms. The smallest absolute Gasteiger partial charge is 0.318 e. The lowest BCUT2D eigenvalue weighted by Gasteiger charge is -2.30. The topological polar surface area (TPSA) is 193 Å². The normalized spacial score (nSPS) is 22.9. The Bertz CT molecular complexity index is 2400. The van der Waals surface area contributed by atoms with Crippen molar-refractivity contribution in [3.05, 3.63) is 66.1 Å². The molecule has 1 saturated heterocycles. The van der Waals surface area contributed by atoms with Crippen molar-refractivity contribution in [1.82, 2.24) is 30.2 Å². The lowest BCUT2D eigenvalue weighted by atomic mass is 10.1. The second-order valence-corrected chi connectivity index (χ2v) is 19.5. The van der Waals surface area contributed by atoms with Crippen LogP contribution in [0.4, 0.5) is 15.6 Å². The highest BCUT2D eigenvalue weighted by atomic mass is 32.2. The predicted molar refractivity (Wildman–Crippen MR) is 233 cm³/mol. The third-order valence-electron chi connectivity index (χ3n) is 10.7. The SMILES string of the molecule is COc1ccc2c(O[C@@H]3C[C@@H](C(=O)N[C@]45C[C@H]4C=CCCCCCNc4ccccc4S(=O)(=O)NC5=O)N(C(=O)NC(C)(C)C)C3)cc(-c3csc(NC(C)C)n3)nc2c1. The van der Waals surface area contributed by atoms with Crippen LogP contribution in [0.25, 0.3) is 22.3 Å². The molecule has 15 nitrogen and oxygen atoms in total. The van der Waals surface area contributed by atoms with Crippen LogP contribution in [0.3, 0.4) is 0 Å². The molecule has 0 unspecified atom stereocenters. The molecule has 0 bridgehead atoms. The fourth-order valence-corrected chi connectivity index (χ4v) is 9.69. The van der Waals surface area contributed by atoms with Crippen LogP contribution in [0.2, 0.25) is 0 Å². The number of carbonyl (C=O) groups excluding carboxylic acids is 3. The van der Waals surface area contributed by atoms with Crippen molar-refractivity contribution < 1.29 is 32.3 Å². The predicted octanol–water partition coefficient (Wildman–Crippen LogP) is 6.44. The molecule has 4 aromatic rings. The Morgan fingerprint density at radius 2 is 1.85 bits per heavy atom. The average molecular weight is 859 g/mol. The van der Waals surface area contributed by atoms with E-state index >= 15 is 0 Å². The molecule has 4 heterocycles. The maximum atomic E-state index is 14.6. The monoisotopic (exact) mass is 858 g/mol. The summed E-state index contributed by atoms with van der Waals surface area (Å²) in [6.45, 7) is 10.2.